The van der Waals surface area contributed by atoms with E-state index in [0.717, 1.165) is 12.1 Å². The fourth-order valence-electron chi connectivity index (χ4n) is 1.70. The molecule has 0 saturated carbocycles. The Kier molecular flexibility index (Phi) is 3.80. The predicted octanol–water partition coefficient (Wildman–Crippen LogP) is 5.17. The molecule has 0 aliphatic rings. The van der Waals surface area contributed by atoms with E-state index in [-0.39, 0.29) is 0 Å². The maximum absolute atomic E-state index is 12.8. The summed E-state index contributed by atoms with van der Waals surface area (Å²) in [5, 5.41) is -0.747. The molecule has 0 amide bonds. The highest BCUT2D eigenvalue weighted by molar-refractivity contribution is 6.22. The first-order valence-corrected chi connectivity index (χ1v) is 5.88. The summed E-state index contributed by atoms with van der Waals surface area (Å²) >= 11 is 6.12. The molecular weight excluding hydrogens is 280 g/mol. The molecule has 100 valence electrons. The summed E-state index contributed by atoms with van der Waals surface area (Å²) in [6.45, 7) is 0. The summed E-state index contributed by atoms with van der Waals surface area (Å²) in [6, 6.07) is 10.1. The van der Waals surface area contributed by atoms with Crippen LogP contribution in [0.3, 0.4) is 0 Å². The van der Waals surface area contributed by atoms with Crippen LogP contribution in [0.15, 0.2) is 48.5 Å². The van der Waals surface area contributed by atoms with Crippen LogP contribution in [0.1, 0.15) is 22.1 Å². The Labute approximate surface area is 112 Å². The molecular formula is C14H9ClF4. The highest BCUT2D eigenvalue weighted by Crippen LogP contribution is 2.34. The number of halogens is 5. The molecule has 0 spiro atoms. The van der Waals surface area contributed by atoms with Gasteiger partial charge >= 0.3 is 6.18 Å². The summed E-state index contributed by atoms with van der Waals surface area (Å²) < 4.78 is 50.6. The molecule has 0 aliphatic heterocycles. The van der Waals surface area contributed by atoms with Crippen LogP contribution in [0.4, 0.5) is 17.6 Å². The minimum atomic E-state index is -4.41. The molecule has 0 saturated heterocycles. The third kappa shape index (κ3) is 3.26. The topological polar surface area (TPSA) is 0 Å². The summed E-state index contributed by atoms with van der Waals surface area (Å²) in [6.07, 6.45) is -4.41. The van der Waals surface area contributed by atoms with E-state index in [1.165, 1.54) is 36.4 Å². The lowest BCUT2D eigenvalue weighted by Crippen LogP contribution is -2.06. The molecule has 0 nitrogen and oxygen atoms in total. The van der Waals surface area contributed by atoms with Gasteiger partial charge in [0, 0.05) is 0 Å². The van der Waals surface area contributed by atoms with Crippen LogP contribution in [0.5, 0.6) is 0 Å². The predicted molar refractivity (Wildman–Crippen MR) is 65.5 cm³/mol. The van der Waals surface area contributed by atoms with E-state index in [1.54, 1.807) is 0 Å². The Balaban J connectivity index is 2.34. The van der Waals surface area contributed by atoms with Gasteiger partial charge in [0.05, 0.1) is 10.9 Å². The smallest absolute Gasteiger partial charge is 0.207 e. The van der Waals surface area contributed by atoms with Gasteiger partial charge < -0.3 is 0 Å². The minimum absolute atomic E-state index is 0.322. The molecule has 1 atom stereocenters. The van der Waals surface area contributed by atoms with Gasteiger partial charge in [-0.25, -0.2) is 4.39 Å². The van der Waals surface area contributed by atoms with Gasteiger partial charge in [0.25, 0.3) is 0 Å². The number of hydrogen-bond acceptors (Lipinski definition) is 0. The third-order valence-corrected chi connectivity index (χ3v) is 3.17. The monoisotopic (exact) mass is 288 g/mol. The molecule has 0 heterocycles. The quantitative estimate of drug-likeness (QED) is 0.528. The summed E-state index contributed by atoms with van der Waals surface area (Å²) in [7, 11) is 0. The first-order chi connectivity index (χ1) is 8.88. The van der Waals surface area contributed by atoms with E-state index in [9.17, 15) is 17.6 Å². The van der Waals surface area contributed by atoms with Crippen molar-refractivity contribution in [2.24, 2.45) is 0 Å². The average molecular weight is 289 g/mol. The van der Waals surface area contributed by atoms with Gasteiger partial charge in [0.1, 0.15) is 5.82 Å². The molecule has 5 heteroatoms. The number of alkyl halides is 4. The fraction of sp³-hybridized carbons (Fsp3) is 0.143. The van der Waals surface area contributed by atoms with Crippen LogP contribution in [0, 0.1) is 5.82 Å². The van der Waals surface area contributed by atoms with Gasteiger partial charge in [0.2, 0.25) is 0 Å². The number of rotatable bonds is 2. The largest absolute Gasteiger partial charge is 0.416 e. The third-order valence-electron chi connectivity index (χ3n) is 2.67. The summed E-state index contributed by atoms with van der Waals surface area (Å²) in [4.78, 5) is 0. The van der Waals surface area contributed by atoms with Gasteiger partial charge in [-0.15, -0.1) is 11.6 Å². The zero-order chi connectivity index (χ0) is 14.0. The van der Waals surface area contributed by atoms with Crippen molar-refractivity contribution in [3.05, 3.63) is 71.0 Å². The second-order valence-electron chi connectivity index (χ2n) is 4.04. The Morgan fingerprint density at radius 1 is 0.895 bits per heavy atom. The van der Waals surface area contributed by atoms with Gasteiger partial charge in [-0.1, -0.05) is 24.3 Å². The second-order valence-corrected chi connectivity index (χ2v) is 4.47. The summed E-state index contributed by atoms with van der Waals surface area (Å²) in [5.74, 6) is -0.420. The lowest BCUT2D eigenvalue weighted by molar-refractivity contribution is -0.137. The van der Waals surface area contributed by atoms with Gasteiger partial charge in [0.15, 0.2) is 0 Å². The lowest BCUT2D eigenvalue weighted by atomic mass is 10.0. The van der Waals surface area contributed by atoms with Crippen molar-refractivity contribution in [1.29, 1.82) is 0 Å². The van der Waals surface area contributed by atoms with Crippen molar-refractivity contribution in [3.63, 3.8) is 0 Å². The van der Waals surface area contributed by atoms with Crippen LogP contribution in [-0.2, 0) is 6.18 Å². The maximum atomic E-state index is 12.8. The molecule has 0 bridgehead atoms. The maximum Gasteiger partial charge on any atom is 0.416 e. The molecule has 19 heavy (non-hydrogen) atoms. The Hall–Kier alpha value is -1.55. The Morgan fingerprint density at radius 3 is 2.11 bits per heavy atom. The van der Waals surface area contributed by atoms with Gasteiger partial charge in [-0.2, -0.15) is 13.2 Å². The molecule has 0 radical (unpaired) electrons. The van der Waals surface area contributed by atoms with Crippen molar-refractivity contribution >= 4 is 11.6 Å². The average Bonchev–Trinajstić information content (AvgIpc) is 2.38. The molecule has 0 aromatic heterocycles. The molecule has 2 aromatic carbocycles. The van der Waals surface area contributed by atoms with Crippen LogP contribution >= 0.6 is 11.6 Å². The second kappa shape index (κ2) is 5.21. The van der Waals surface area contributed by atoms with E-state index in [0.29, 0.717) is 11.1 Å². The SMILES string of the molecule is Fc1ccc([C@@H](Cl)c2cccc(C(F)(F)F)c2)cc1. The highest BCUT2D eigenvalue weighted by atomic mass is 35.5. The zero-order valence-corrected chi connectivity index (χ0v) is 10.3. The van der Waals surface area contributed by atoms with E-state index < -0.39 is 22.9 Å². The zero-order valence-electron chi connectivity index (χ0n) is 9.59. The van der Waals surface area contributed by atoms with Crippen molar-refractivity contribution in [2.45, 2.75) is 11.6 Å². The van der Waals surface area contributed by atoms with E-state index in [1.807, 2.05) is 0 Å². The van der Waals surface area contributed by atoms with E-state index in [2.05, 4.69) is 0 Å². The molecule has 0 N–H and O–H groups in total. The van der Waals surface area contributed by atoms with Crippen molar-refractivity contribution < 1.29 is 17.6 Å². The molecule has 0 unspecified atom stereocenters. The fourth-order valence-corrected chi connectivity index (χ4v) is 1.98. The van der Waals surface area contributed by atoms with Gasteiger partial charge in [-0.3, -0.25) is 0 Å². The van der Waals surface area contributed by atoms with E-state index in [4.69, 9.17) is 11.6 Å². The first-order valence-electron chi connectivity index (χ1n) is 5.44. The van der Waals surface area contributed by atoms with E-state index >= 15 is 0 Å². The van der Waals surface area contributed by atoms with Crippen LogP contribution in [-0.4, -0.2) is 0 Å². The number of hydrogen-bond donors (Lipinski definition) is 0. The Morgan fingerprint density at radius 2 is 1.53 bits per heavy atom. The Bertz CT molecular complexity index is 560. The number of benzene rings is 2. The summed E-state index contributed by atoms with van der Waals surface area (Å²) in [5.41, 5.74) is 0.114. The molecule has 0 fully saturated rings. The van der Waals surface area contributed by atoms with Crippen LogP contribution in [0.25, 0.3) is 0 Å². The molecule has 2 rings (SSSR count). The standard InChI is InChI=1S/C14H9ClF4/c15-13(9-4-6-12(16)7-5-9)10-2-1-3-11(8-10)14(17,18)19/h1-8,13H/t13-/m1/s1. The molecule has 2 aromatic rings. The highest BCUT2D eigenvalue weighted by Gasteiger charge is 2.30. The van der Waals surface area contributed by atoms with Crippen LogP contribution in [0.2, 0.25) is 0 Å². The van der Waals surface area contributed by atoms with Crippen molar-refractivity contribution in [1.82, 2.24) is 0 Å². The van der Waals surface area contributed by atoms with Crippen molar-refractivity contribution in [2.75, 3.05) is 0 Å². The lowest BCUT2D eigenvalue weighted by Gasteiger charge is -2.13. The minimum Gasteiger partial charge on any atom is -0.207 e. The van der Waals surface area contributed by atoms with Crippen LogP contribution < -0.4 is 0 Å². The van der Waals surface area contributed by atoms with Crippen molar-refractivity contribution in [3.8, 4) is 0 Å². The van der Waals surface area contributed by atoms with Gasteiger partial charge in [-0.05, 0) is 35.4 Å². The first kappa shape index (κ1) is 13.9. The molecule has 0 aliphatic carbocycles. The normalized spacial score (nSPS) is 13.3.